The van der Waals surface area contributed by atoms with Gasteiger partial charge in [0.1, 0.15) is 5.75 Å². The maximum absolute atomic E-state index is 12.1. The van der Waals surface area contributed by atoms with E-state index in [4.69, 9.17) is 0 Å². The summed E-state index contributed by atoms with van der Waals surface area (Å²) < 4.78 is 0.865. The maximum Gasteiger partial charge on any atom is 0.255 e. The van der Waals surface area contributed by atoms with Crippen LogP contribution in [0.25, 0.3) is 0 Å². The molecule has 1 amide bonds. The zero-order valence-electron chi connectivity index (χ0n) is 10.7. The van der Waals surface area contributed by atoms with E-state index < -0.39 is 0 Å². The van der Waals surface area contributed by atoms with Crippen LogP contribution in [0.3, 0.4) is 0 Å². The highest BCUT2D eigenvalue weighted by Crippen LogP contribution is 2.22. The number of benzene rings is 2. The number of amides is 1. The molecule has 4 heteroatoms. The largest absolute Gasteiger partial charge is 0.508 e. The molecule has 0 saturated heterocycles. The molecule has 0 atom stereocenters. The predicted octanol–water partition coefficient (Wildman–Crippen LogP) is 4.02. The van der Waals surface area contributed by atoms with Crippen LogP contribution in [0.5, 0.6) is 5.75 Å². The minimum atomic E-state index is -0.201. The molecule has 0 aliphatic heterocycles. The molecule has 0 aliphatic rings. The van der Waals surface area contributed by atoms with E-state index in [2.05, 4.69) is 21.2 Å². The number of carbonyl (C=O) groups excluding carboxylic acids is 1. The van der Waals surface area contributed by atoms with Gasteiger partial charge in [0.15, 0.2) is 0 Å². The molecule has 0 fully saturated rings. The van der Waals surface area contributed by atoms with Gasteiger partial charge in [0.05, 0.1) is 0 Å². The van der Waals surface area contributed by atoms with Gasteiger partial charge in [-0.3, -0.25) is 4.79 Å². The first-order valence-electron chi connectivity index (χ1n) is 5.84. The smallest absolute Gasteiger partial charge is 0.255 e. The van der Waals surface area contributed by atoms with E-state index >= 15 is 0 Å². The summed E-state index contributed by atoms with van der Waals surface area (Å²) in [5.74, 6) is -0.0316. The Morgan fingerprint density at radius 1 is 1.16 bits per heavy atom. The van der Waals surface area contributed by atoms with E-state index in [9.17, 15) is 9.90 Å². The Hall–Kier alpha value is -1.81. The second-order valence-corrected chi connectivity index (χ2v) is 5.39. The van der Waals surface area contributed by atoms with Crippen LogP contribution in [-0.4, -0.2) is 11.0 Å². The molecule has 0 unspecified atom stereocenters. The van der Waals surface area contributed by atoms with Crippen LogP contribution in [0, 0.1) is 13.8 Å². The third-order valence-corrected chi connectivity index (χ3v) is 3.23. The van der Waals surface area contributed by atoms with Crippen LogP contribution in [0.4, 0.5) is 5.69 Å². The molecule has 0 spiro atoms. The van der Waals surface area contributed by atoms with Gasteiger partial charge in [0.25, 0.3) is 5.91 Å². The van der Waals surface area contributed by atoms with Crippen LogP contribution in [0.2, 0.25) is 0 Å². The molecular weight excluding hydrogens is 306 g/mol. The second kappa shape index (κ2) is 5.45. The Morgan fingerprint density at radius 3 is 2.53 bits per heavy atom. The van der Waals surface area contributed by atoms with Crippen molar-refractivity contribution < 1.29 is 9.90 Å². The van der Waals surface area contributed by atoms with E-state index in [1.807, 2.05) is 19.1 Å². The fourth-order valence-electron chi connectivity index (χ4n) is 1.76. The third kappa shape index (κ3) is 3.35. The van der Waals surface area contributed by atoms with Gasteiger partial charge in [-0.05, 0) is 49.2 Å². The van der Waals surface area contributed by atoms with Gasteiger partial charge in [-0.15, -0.1) is 0 Å². The summed E-state index contributed by atoms with van der Waals surface area (Å²) in [6, 6.07) is 10.6. The maximum atomic E-state index is 12.1. The molecule has 2 N–H and O–H groups in total. The summed E-state index contributed by atoms with van der Waals surface area (Å²) in [5.41, 5.74) is 2.93. The molecule has 2 rings (SSSR count). The van der Waals surface area contributed by atoms with Gasteiger partial charge >= 0.3 is 0 Å². The van der Waals surface area contributed by atoms with Crippen LogP contribution in [0.15, 0.2) is 40.9 Å². The molecule has 0 saturated carbocycles. The number of carbonyl (C=O) groups is 1. The summed E-state index contributed by atoms with van der Waals surface area (Å²) in [6.07, 6.45) is 0. The molecule has 0 aliphatic carbocycles. The summed E-state index contributed by atoms with van der Waals surface area (Å²) in [4.78, 5) is 12.1. The quantitative estimate of drug-likeness (QED) is 0.878. The molecule has 0 heterocycles. The number of aromatic hydroxyl groups is 1. The summed E-state index contributed by atoms with van der Waals surface area (Å²) in [7, 11) is 0. The first-order valence-corrected chi connectivity index (χ1v) is 6.63. The average molecular weight is 320 g/mol. The average Bonchev–Trinajstić information content (AvgIpc) is 2.32. The van der Waals surface area contributed by atoms with E-state index in [0.717, 1.165) is 15.6 Å². The number of anilines is 1. The molecule has 0 bridgehead atoms. The Morgan fingerprint density at radius 2 is 1.89 bits per heavy atom. The lowest BCUT2D eigenvalue weighted by molar-refractivity contribution is 0.102. The highest BCUT2D eigenvalue weighted by Gasteiger charge is 2.08. The first kappa shape index (κ1) is 13.6. The van der Waals surface area contributed by atoms with Crippen molar-refractivity contribution in [3.8, 4) is 5.75 Å². The fourth-order valence-corrected chi connectivity index (χ4v) is 2.37. The van der Waals surface area contributed by atoms with Crippen molar-refractivity contribution in [2.24, 2.45) is 0 Å². The van der Waals surface area contributed by atoms with Crippen LogP contribution >= 0.6 is 15.9 Å². The molecular formula is C15H14BrNO2. The molecule has 2 aromatic rings. The van der Waals surface area contributed by atoms with E-state index in [-0.39, 0.29) is 11.7 Å². The molecule has 3 nitrogen and oxygen atoms in total. The molecule has 19 heavy (non-hydrogen) atoms. The number of nitrogens with one attached hydrogen (secondary N) is 1. The normalized spacial score (nSPS) is 10.3. The number of aryl methyl sites for hydroxylation is 2. The number of rotatable bonds is 2. The summed E-state index contributed by atoms with van der Waals surface area (Å²) in [5, 5.41) is 12.4. The van der Waals surface area contributed by atoms with Gasteiger partial charge in [0, 0.05) is 21.8 Å². The molecule has 98 valence electrons. The minimum Gasteiger partial charge on any atom is -0.508 e. The SMILES string of the molecule is Cc1cc(Br)cc(C(=O)Nc2ccc(C)c(O)c2)c1. The highest BCUT2D eigenvalue weighted by molar-refractivity contribution is 9.10. The second-order valence-electron chi connectivity index (χ2n) is 4.47. The third-order valence-electron chi connectivity index (χ3n) is 2.77. The van der Waals surface area contributed by atoms with Crippen molar-refractivity contribution in [1.29, 1.82) is 0 Å². The Bertz CT molecular complexity index is 618. The predicted molar refractivity (Wildman–Crippen MR) is 79.7 cm³/mol. The Kier molecular flexibility index (Phi) is 3.90. The van der Waals surface area contributed by atoms with Crippen LogP contribution in [0.1, 0.15) is 21.5 Å². The zero-order chi connectivity index (χ0) is 14.0. The minimum absolute atomic E-state index is 0.170. The number of hydrogen-bond acceptors (Lipinski definition) is 2. The summed E-state index contributed by atoms with van der Waals surface area (Å²) in [6.45, 7) is 3.73. The molecule has 2 aromatic carbocycles. The van der Waals surface area contributed by atoms with Gasteiger partial charge in [-0.25, -0.2) is 0 Å². The lowest BCUT2D eigenvalue weighted by atomic mass is 10.1. The Balaban J connectivity index is 2.22. The van der Waals surface area contributed by atoms with Crippen molar-refractivity contribution in [1.82, 2.24) is 0 Å². The monoisotopic (exact) mass is 319 g/mol. The highest BCUT2D eigenvalue weighted by atomic mass is 79.9. The van der Waals surface area contributed by atoms with Crippen molar-refractivity contribution in [2.75, 3.05) is 5.32 Å². The number of phenols is 1. The van der Waals surface area contributed by atoms with Gasteiger partial charge in [-0.2, -0.15) is 0 Å². The lowest BCUT2D eigenvalue weighted by Crippen LogP contribution is -2.12. The zero-order valence-corrected chi connectivity index (χ0v) is 12.3. The van der Waals surface area contributed by atoms with E-state index in [1.54, 1.807) is 25.1 Å². The number of phenolic OH excluding ortho intramolecular Hbond substituents is 1. The van der Waals surface area contributed by atoms with E-state index in [0.29, 0.717) is 11.3 Å². The lowest BCUT2D eigenvalue weighted by Gasteiger charge is -2.08. The summed E-state index contributed by atoms with van der Waals surface area (Å²) >= 11 is 3.37. The number of hydrogen-bond donors (Lipinski definition) is 2. The van der Waals surface area contributed by atoms with Gasteiger partial charge in [0.2, 0.25) is 0 Å². The van der Waals surface area contributed by atoms with Gasteiger partial charge in [-0.1, -0.05) is 22.0 Å². The van der Waals surface area contributed by atoms with Crippen molar-refractivity contribution in [3.63, 3.8) is 0 Å². The topological polar surface area (TPSA) is 49.3 Å². The van der Waals surface area contributed by atoms with Crippen LogP contribution in [-0.2, 0) is 0 Å². The first-order chi connectivity index (χ1) is 8.95. The Labute approximate surface area is 120 Å². The molecule has 0 aromatic heterocycles. The van der Waals surface area contributed by atoms with Crippen molar-refractivity contribution >= 4 is 27.5 Å². The van der Waals surface area contributed by atoms with Crippen molar-refractivity contribution in [2.45, 2.75) is 13.8 Å². The molecule has 0 radical (unpaired) electrons. The van der Waals surface area contributed by atoms with Crippen LogP contribution < -0.4 is 5.32 Å². The van der Waals surface area contributed by atoms with Gasteiger partial charge < -0.3 is 10.4 Å². The van der Waals surface area contributed by atoms with E-state index in [1.165, 1.54) is 6.07 Å². The standard InChI is InChI=1S/C15H14BrNO2/c1-9-5-11(7-12(16)6-9)15(19)17-13-4-3-10(2)14(18)8-13/h3-8,18H,1-2H3,(H,17,19). The fraction of sp³-hybridized carbons (Fsp3) is 0.133. The van der Waals surface area contributed by atoms with Crippen molar-refractivity contribution in [3.05, 3.63) is 57.6 Å². The number of halogens is 1.